The lowest BCUT2D eigenvalue weighted by Gasteiger charge is -2.11. The third-order valence-electron chi connectivity index (χ3n) is 5.13. The van der Waals surface area contributed by atoms with Gasteiger partial charge in [-0.2, -0.15) is 0 Å². The first-order chi connectivity index (χ1) is 14.0. The molecule has 146 valence electrons. The van der Waals surface area contributed by atoms with E-state index in [1.807, 2.05) is 67.6 Å². The molecule has 0 saturated carbocycles. The standard InChI is InChI=1S/C24H22N2O2S/c1-3-19(16-20-8-6-7-15-25-20)23-17-26(24-10-5-4-9-22(23)24)29(27,28)21-13-11-18(2)12-14-21/h3-15,17,19H,1,16H2,2H3/t19-/m1/s1. The Morgan fingerprint density at radius 1 is 1.03 bits per heavy atom. The first-order valence-corrected chi connectivity index (χ1v) is 10.9. The van der Waals surface area contributed by atoms with Crippen LogP contribution < -0.4 is 0 Å². The van der Waals surface area contributed by atoms with E-state index in [9.17, 15) is 8.42 Å². The normalized spacial score (nSPS) is 12.7. The molecule has 29 heavy (non-hydrogen) atoms. The summed E-state index contributed by atoms with van der Waals surface area (Å²) in [6, 6.07) is 20.3. The maximum atomic E-state index is 13.4. The largest absolute Gasteiger partial charge is 0.268 e. The maximum Gasteiger partial charge on any atom is 0.268 e. The van der Waals surface area contributed by atoms with Crippen molar-refractivity contribution in [1.29, 1.82) is 0 Å². The molecule has 2 aromatic carbocycles. The second-order valence-electron chi connectivity index (χ2n) is 7.08. The Balaban J connectivity index is 1.85. The van der Waals surface area contributed by atoms with Crippen LogP contribution in [0.4, 0.5) is 0 Å². The molecule has 0 N–H and O–H groups in total. The van der Waals surface area contributed by atoms with Crippen molar-refractivity contribution in [2.45, 2.75) is 24.2 Å². The van der Waals surface area contributed by atoms with Crippen LogP contribution in [0, 0.1) is 6.92 Å². The van der Waals surface area contributed by atoms with Crippen molar-refractivity contribution in [2.24, 2.45) is 0 Å². The lowest BCUT2D eigenvalue weighted by Crippen LogP contribution is -2.12. The van der Waals surface area contributed by atoms with Crippen molar-refractivity contribution in [2.75, 3.05) is 0 Å². The summed E-state index contributed by atoms with van der Waals surface area (Å²) in [7, 11) is -3.71. The minimum atomic E-state index is -3.71. The average Bonchev–Trinajstić information content (AvgIpc) is 3.13. The van der Waals surface area contributed by atoms with Gasteiger partial charge in [0.2, 0.25) is 0 Å². The molecule has 5 heteroatoms. The van der Waals surface area contributed by atoms with Crippen molar-refractivity contribution in [1.82, 2.24) is 8.96 Å². The fourth-order valence-electron chi connectivity index (χ4n) is 3.56. The smallest absolute Gasteiger partial charge is 0.261 e. The lowest BCUT2D eigenvalue weighted by atomic mass is 9.94. The Morgan fingerprint density at radius 3 is 2.45 bits per heavy atom. The summed E-state index contributed by atoms with van der Waals surface area (Å²) < 4.78 is 28.1. The average molecular weight is 403 g/mol. The van der Waals surface area contributed by atoms with Crippen molar-refractivity contribution in [3.05, 3.63) is 109 Å². The van der Waals surface area contributed by atoms with Gasteiger partial charge >= 0.3 is 0 Å². The fraction of sp³-hybridized carbons (Fsp3) is 0.125. The molecular weight excluding hydrogens is 380 g/mol. The number of fused-ring (bicyclic) bond motifs is 1. The highest BCUT2D eigenvalue weighted by Crippen LogP contribution is 2.33. The number of aromatic nitrogens is 2. The van der Waals surface area contributed by atoms with E-state index in [0.29, 0.717) is 11.9 Å². The van der Waals surface area contributed by atoms with Gasteiger partial charge in [-0.05, 0) is 42.8 Å². The molecule has 4 nitrogen and oxygen atoms in total. The summed E-state index contributed by atoms with van der Waals surface area (Å²) in [6.45, 7) is 5.93. The lowest BCUT2D eigenvalue weighted by molar-refractivity contribution is 0.589. The van der Waals surface area contributed by atoms with Gasteiger partial charge in [-0.25, -0.2) is 12.4 Å². The van der Waals surface area contributed by atoms with Crippen LogP contribution in [0.1, 0.15) is 22.7 Å². The van der Waals surface area contributed by atoms with Gasteiger partial charge in [-0.15, -0.1) is 6.58 Å². The van der Waals surface area contributed by atoms with Crippen LogP contribution >= 0.6 is 0 Å². The van der Waals surface area contributed by atoms with Gasteiger partial charge in [0.1, 0.15) is 0 Å². The monoisotopic (exact) mass is 402 g/mol. The third-order valence-corrected chi connectivity index (χ3v) is 6.81. The van der Waals surface area contributed by atoms with E-state index < -0.39 is 10.0 Å². The molecule has 0 aliphatic heterocycles. The first kappa shape index (κ1) is 19.2. The Morgan fingerprint density at radius 2 is 1.76 bits per heavy atom. The summed E-state index contributed by atoms with van der Waals surface area (Å²) >= 11 is 0. The van der Waals surface area contributed by atoms with E-state index in [0.717, 1.165) is 22.2 Å². The zero-order valence-electron chi connectivity index (χ0n) is 16.2. The highest BCUT2D eigenvalue weighted by molar-refractivity contribution is 7.90. The second-order valence-corrected chi connectivity index (χ2v) is 8.90. The van der Waals surface area contributed by atoms with E-state index in [-0.39, 0.29) is 10.8 Å². The van der Waals surface area contributed by atoms with Crippen LogP contribution in [0.5, 0.6) is 0 Å². The van der Waals surface area contributed by atoms with Crippen LogP contribution in [0.25, 0.3) is 10.9 Å². The van der Waals surface area contributed by atoms with E-state index >= 15 is 0 Å². The molecule has 0 aliphatic rings. The molecule has 0 unspecified atom stereocenters. The number of aryl methyl sites for hydroxylation is 1. The molecule has 0 aliphatic carbocycles. The van der Waals surface area contributed by atoms with Gasteiger partial charge < -0.3 is 0 Å². The Hall–Kier alpha value is -3.18. The number of rotatable bonds is 6. The van der Waals surface area contributed by atoms with Crippen LogP contribution in [0.3, 0.4) is 0 Å². The molecule has 0 bridgehead atoms. The molecule has 0 radical (unpaired) electrons. The van der Waals surface area contributed by atoms with Gasteiger partial charge in [0, 0.05) is 35.8 Å². The highest BCUT2D eigenvalue weighted by atomic mass is 32.2. The molecule has 4 aromatic rings. The second kappa shape index (κ2) is 7.68. The molecule has 1 atom stereocenters. The predicted octanol–water partition coefficient (Wildman–Crippen LogP) is 5.09. The molecule has 2 aromatic heterocycles. The summed E-state index contributed by atoms with van der Waals surface area (Å²) in [4.78, 5) is 4.68. The van der Waals surface area contributed by atoms with E-state index in [4.69, 9.17) is 0 Å². The first-order valence-electron chi connectivity index (χ1n) is 9.45. The van der Waals surface area contributed by atoms with Crippen LogP contribution in [0.15, 0.2) is 96.7 Å². The number of pyridine rings is 1. The molecule has 0 saturated heterocycles. The highest BCUT2D eigenvalue weighted by Gasteiger charge is 2.23. The van der Waals surface area contributed by atoms with Crippen LogP contribution in [-0.2, 0) is 16.4 Å². The number of allylic oxidation sites excluding steroid dienone is 1. The summed E-state index contributed by atoms with van der Waals surface area (Å²) in [6.07, 6.45) is 6.01. The molecular formula is C24H22N2O2S. The van der Waals surface area contributed by atoms with Gasteiger partial charge in [0.25, 0.3) is 10.0 Å². The quantitative estimate of drug-likeness (QED) is 0.422. The number of nitrogens with zero attached hydrogens (tertiary/aromatic N) is 2. The SMILES string of the molecule is C=C[C@H](Cc1ccccn1)c1cn(S(=O)(=O)c2ccc(C)cc2)c2ccccc12. The molecule has 0 fully saturated rings. The van der Waals surface area contributed by atoms with Crippen molar-refractivity contribution >= 4 is 20.9 Å². The van der Waals surface area contributed by atoms with E-state index in [1.165, 1.54) is 3.97 Å². The van der Waals surface area contributed by atoms with E-state index in [1.54, 1.807) is 24.5 Å². The zero-order chi connectivity index (χ0) is 20.4. The fourth-order valence-corrected chi connectivity index (χ4v) is 4.94. The van der Waals surface area contributed by atoms with Gasteiger partial charge in [-0.3, -0.25) is 4.98 Å². The summed E-state index contributed by atoms with van der Waals surface area (Å²) in [5.41, 5.74) is 3.55. The van der Waals surface area contributed by atoms with Crippen LogP contribution in [0.2, 0.25) is 0 Å². The van der Waals surface area contributed by atoms with Gasteiger partial charge in [0.05, 0.1) is 10.4 Å². The van der Waals surface area contributed by atoms with Gasteiger partial charge in [-0.1, -0.05) is 48.0 Å². The molecule has 4 rings (SSSR count). The van der Waals surface area contributed by atoms with Crippen LogP contribution in [-0.4, -0.2) is 17.4 Å². The molecule has 2 heterocycles. The predicted molar refractivity (Wildman–Crippen MR) is 117 cm³/mol. The van der Waals surface area contributed by atoms with Crippen molar-refractivity contribution in [3.63, 3.8) is 0 Å². The Kier molecular flexibility index (Phi) is 5.07. The Bertz CT molecular complexity index is 1260. The number of hydrogen-bond donors (Lipinski definition) is 0. The maximum absolute atomic E-state index is 13.4. The number of hydrogen-bond acceptors (Lipinski definition) is 3. The number of para-hydroxylation sites is 1. The third kappa shape index (κ3) is 3.61. The minimum absolute atomic E-state index is 0.0516. The minimum Gasteiger partial charge on any atom is -0.261 e. The summed E-state index contributed by atoms with van der Waals surface area (Å²) in [5.74, 6) is -0.0516. The van der Waals surface area contributed by atoms with E-state index in [2.05, 4.69) is 11.6 Å². The Labute approximate surface area is 171 Å². The van der Waals surface area contributed by atoms with Gasteiger partial charge in [0.15, 0.2) is 0 Å². The summed E-state index contributed by atoms with van der Waals surface area (Å²) in [5, 5.41) is 0.906. The van der Waals surface area contributed by atoms with Crippen molar-refractivity contribution in [3.8, 4) is 0 Å². The topological polar surface area (TPSA) is 52.0 Å². The van der Waals surface area contributed by atoms with Crippen molar-refractivity contribution < 1.29 is 8.42 Å². The zero-order valence-corrected chi connectivity index (χ0v) is 17.0. The molecule has 0 amide bonds. The molecule has 0 spiro atoms. The number of benzene rings is 2.